The summed E-state index contributed by atoms with van der Waals surface area (Å²) in [4.78, 5) is 26.3. The van der Waals surface area contributed by atoms with Crippen molar-refractivity contribution < 1.29 is 9.59 Å². The fourth-order valence-corrected chi connectivity index (χ4v) is 3.06. The molecule has 3 rings (SSSR count). The summed E-state index contributed by atoms with van der Waals surface area (Å²) in [6, 6.07) is 17.2. The highest BCUT2D eigenvalue weighted by atomic mass is 16.2. The van der Waals surface area contributed by atoms with Crippen molar-refractivity contribution in [2.45, 2.75) is 25.7 Å². The molecule has 0 unspecified atom stereocenters. The van der Waals surface area contributed by atoms with Crippen molar-refractivity contribution in [3.63, 3.8) is 0 Å². The van der Waals surface area contributed by atoms with Crippen LogP contribution in [0.5, 0.6) is 0 Å². The summed E-state index contributed by atoms with van der Waals surface area (Å²) >= 11 is 0. The number of rotatable bonds is 5. The van der Waals surface area contributed by atoms with E-state index < -0.39 is 0 Å². The van der Waals surface area contributed by atoms with E-state index in [2.05, 4.69) is 11.4 Å². The van der Waals surface area contributed by atoms with E-state index in [1.807, 2.05) is 41.3 Å². The van der Waals surface area contributed by atoms with E-state index in [0.717, 1.165) is 25.1 Å². The van der Waals surface area contributed by atoms with E-state index in [1.165, 1.54) is 5.56 Å². The monoisotopic (exact) mass is 322 g/mol. The number of carbonyl (C=O) groups is 2. The van der Waals surface area contributed by atoms with Gasteiger partial charge in [-0.1, -0.05) is 36.4 Å². The molecule has 1 N–H and O–H groups in total. The van der Waals surface area contributed by atoms with Crippen LogP contribution < -0.4 is 10.2 Å². The summed E-state index contributed by atoms with van der Waals surface area (Å²) in [5.41, 5.74) is 2.94. The fourth-order valence-electron chi connectivity index (χ4n) is 3.06. The summed E-state index contributed by atoms with van der Waals surface area (Å²) in [7, 11) is 0. The zero-order valence-corrected chi connectivity index (χ0v) is 13.7. The first-order valence-electron chi connectivity index (χ1n) is 8.47. The number of benzene rings is 2. The van der Waals surface area contributed by atoms with Gasteiger partial charge in [0, 0.05) is 30.8 Å². The van der Waals surface area contributed by atoms with Crippen LogP contribution in [-0.4, -0.2) is 24.9 Å². The zero-order valence-electron chi connectivity index (χ0n) is 13.7. The first-order valence-corrected chi connectivity index (χ1v) is 8.47. The number of amides is 2. The minimum absolute atomic E-state index is 0.0913. The number of aryl methyl sites for hydroxylation is 1. The van der Waals surface area contributed by atoms with Gasteiger partial charge in [0.05, 0.1) is 0 Å². The van der Waals surface area contributed by atoms with E-state index in [9.17, 15) is 9.59 Å². The average Bonchev–Trinajstić information content (AvgIpc) is 2.65. The molecule has 4 heteroatoms. The lowest BCUT2D eigenvalue weighted by Crippen LogP contribution is -2.36. The molecular weight excluding hydrogens is 300 g/mol. The molecule has 2 aromatic carbocycles. The Labute approximate surface area is 142 Å². The largest absolute Gasteiger partial charge is 0.352 e. The smallest absolute Gasteiger partial charge is 0.251 e. The van der Waals surface area contributed by atoms with Crippen LogP contribution in [-0.2, 0) is 11.2 Å². The Bertz CT molecular complexity index is 713. The second kappa shape index (κ2) is 7.77. The molecule has 0 aliphatic carbocycles. The number of hydrogen-bond acceptors (Lipinski definition) is 2. The van der Waals surface area contributed by atoms with Crippen LogP contribution in [0.2, 0.25) is 0 Å². The Balaban J connectivity index is 1.48. The highest BCUT2D eigenvalue weighted by Gasteiger charge is 2.21. The van der Waals surface area contributed by atoms with Gasteiger partial charge < -0.3 is 10.2 Å². The van der Waals surface area contributed by atoms with Crippen LogP contribution in [0.15, 0.2) is 54.6 Å². The number of nitrogens with zero attached hydrogens (tertiary/aromatic N) is 1. The molecule has 24 heavy (non-hydrogen) atoms. The van der Waals surface area contributed by atoms with Crippen LogP contribution in [0.3, 0.4) is 0 Å². The lowest BCUT2D eigenvalue weighted by atomic mass is 10.0. The molecule has 1 aliphatic rings. The Morgan fingerprint density at radius 1 is 1.00 bits per heavy atom. The molecule has 0 atom stereocenters. The van der Waals surface area contributed by atoms with Crippen molar-refractivity contribution in [3.8, 4) is 0 Å². The van der Waals surface area contributed by atoms with Gasteiger partial charge in [-0.15, -0.1) is 0 Å². The SMILES string of the molecule is O=C(NCCCC(=O)N1CCCc2ccccc21)c1ccccc1. The predicted molar refractivity (Wildman–Crippen MR) is 95.1 cm³/mol. The molecule has 4 nitrogen and oxygen atoms in total. The molecule has 1 heterocycles. The highest BCUT2D eigenvalue weighted by Crippen LogP contribution is 2.27. The maximum absolute atomic E-state index is 12.5. The number of fused-ring (bicyclic) bond motifs is 1. The molecule has 0 bridgehead atoms. The third-order valence-electron chi connectivity index (χ3n) is 4.30. The second-order valence-corrected chi connectivity index (χ2v) is 6.00. The predicted octanol–water partition coefficient (Wildman–Crippen LogP) is 3.18. The van der Waals surface area contributed by atoms with Crippen molar-refractivity contribution in [1.29, 1.82) is 0 Å². The molecule has 0 spiro atoms. The maximum atomic E-state index is 12.5. The normalized spacial score (nSPS) is 13.2. The van der Waals surface area contributed by atoms with Crippen LogP contribution in [0.25, 0.3) is 0 Å². The van der Waals surface area contributed by atoms with Gasteiger partial charge in [-0.3, -0.25) is 9.59 Å². The summed E-state index contributed by atoms with van der Waals surface area (Å²) < 4.78 is 0. The van der Waals surface area contributed by atoms with E-state index in [-0.39, 0.29) is 11.8 Å². The molecule has 2 amide bonds. The van der Waals surface area contributed by atoms with Gasteiger partial charge in [-0.05, 0) is 43.0 Å². The summed E-state index contributed by atoms with van der Waals surface area (Å²) in [6.45, 7) is 1.29. The number of hydrogen-bond donors (Lipinski definition) is 1. The lowest BCUT2D eigenvalue weighted by Gasteiger charge is -2.29. The van der Waals surface area contributed by atoms with Crippen LogP contribution >= 0.6 is 0 Å². The summed E-state index contributed by atoms with van der Waals surface area (Å²) in [5.74, 6) is 0.0440. The molecule has 124 valence electrons. The molecule has 0 fully saturated rings. The van der Waals surface area contributed by atoms with Crippen LogP contribution in [0, 0.1) is 0 Å². The minimum Gasteiger partial charge on any atom is -0.352 e. The van der Waals surface area contributed by atoms with Gasteiger partial charge in [0.1, 0.15) is 0 Å². The van der Waals surface area contributed by atoms with Gasteiger partial charge in [0.25, 0.3) is 5.91 Å². The summed E-state index contributed by atoms with van der Waals surface area (Å²) in [6.07, 6.45) is 3.14. The topological polar surface area (TPSA) is 49.4 Å². The Hall–Kier alpha value is -2.62. The zero-order chi connectivity index (χ0) is 16.8. The van der Waals surface area contributed by atoms with E-state index >= 15 is 0 Å². The van der Waals surface area contributed by atoms with Gasteiger partial charge in [0.15, 0.2) is 0 Å². The van der Waals surface area contributed by atoms with E-state index in [4.69, 9.17) is 0 Å². The molecule has 0 saturated carbocycles. The molecule has 1 aliphatic heterocycles. The van der Waals surface area contributed by atoms with Crippen molar-refractivity contribution in [3.05, 3.63) is 65.7 Å². The second-order valence-electron chi connectivity index (χ2n) is 6.00. The van der Waals surface area contributed by atoms with Gasteiger partial charge in [-0.25, -0.2) is 0 Å². The van der Waals surface area contributed by atoms with E-state index in [0.29, 0.717) is 24.9 Å². The molecule has 2 aromatic rings. The van der Waals surface area contributed by atoms with Crippen molar-refractivity contribution in [2.75, 3.05) is 18.0 Å². The highest BCUT2D eigenvalue weighted by molar-refractivity contribution is 5.95. The number of anilines is 1. The molecular formula is C20H22N2O2. The van der Waals surface area contributed by atoms with Crippen molar-refractivity contribution >= 4 is 17.5 Å². The summed E-state index contributed by atoms with van der Waals surface area (Å²) in [5, 5.41) is 2.87. The Morgan fingerprint density at radius 3 is 2.58 bits per heavy atom. The fraction of sp³-hybridized carbons (Fsp3) is 0.300. The first-order chi connectivity index (χ1) is 11.8. The molecule has 0 aromatic heterocycles. The number of para-hydroxylation sites is 1. The number of nitrogens with one attached hydrogen (secondary N) is 1. The third kappa shape index (κ3) is 3.82. The van der Waals surface area contributed by atoms with Gasteiger partial charge in [-0.2, -0.15) is 0 Å². The van der Waals surface area contributed by atoms with Crippen molar-refractivity contribution in [2.24, 2.45) is 0 Å². The number of carbonyl (C=O) groups excluding carboxylic acids is 2. The Morgan fingerprint density at radius 2 is 1.75 bits per heavy atom. The lowest BCUT2D eigenvalue weighted by molar-refractivity contribution is -0.118. The molecule has 0 saturated heterocycles. The quantitative estimate of drug-likeness (QED) is 0.860. The van der Waals surface area contributed by atoms with Gasteiger partial charge >= 0.3 is 0 Å². The minimum atomic E-state index is -0.0913. The standard InChI is InChI=1S/C20H22N2O2/c23-19(22-15-7-11-16-8-4-5-12-18(16)22)13-6-14-21-20(24)17-9-2-1-3-10-17/h1-5,8-10,12H,6-7,11,13-15H2,(H,21,24). The third-order valence-corrected chi connectivity index (χ3v) is 4.30. The molecule has 0 radical (unpaired) electrons. The maximum Gasteiger partial charge on any atom is 0.251 e. The van der Waals surface area contributed by atoms with E-state index in [1.54, 1.807) is 12.1 Å². The van der Waals surface area contributed by atoms with Crippen molar-refractivity contribution in [1.82, 2.24) is 5.32 Å². The Kier molecular flexibility index (Phi) is 5.26. The van der Waals surface area contributed by atoms with Gasteiger partial charge in [0.2, 0.25) is 5.91 Å². The average molecular weight is 322 g/mol. The first kappa shape index (κ1) is 16.2. The van der Waals surface area contributed by atoms with Crippen LogP contribution in [0.1, 0.15) is 35.2 Å². The van der Waals surface area contributed by atoms with Crippen LogP contribution in [0.4, 0.5) is 5.69 Å².